The summed E-state index contributed by atoms with van der Waals surface area (Å²) in [5.41, 5.74) is 14.6. The molecule has 0 amide bonds. The SMILES string of the molecule is Nc1cc2cc(C3CCCCCCC3)ccc2nc1N. The molecule has 0 bridgehead atoms. The van der Waals surface area contributed by atoms with E-state index in [1.54, 1.807) is 0 Å². The average molecular weight is 269 g/mol. The van der Waals surface area contributed by atoms with Gasteiger partial charge in [0, 0.05) is 5.39 Å². The Morgan fingerprint density at radius 2 is 1.60 bits per heavy atom. The molecule has 1 fully saturated rings. The molecule has 0 spiro atoms. The van der Waals surface area contributed by atoms with Gasteiger partial charge in [-0.1, -0.05) is 38.2 Å². The van der Waals surface area contributed by atoms with Crippen LogP contribution in [0.25, 0.3) is 10.9 Å². The van der Waals surface area contributed by atoms with Crippen LogP contribution in [0.3, 0.4) is 0 Å². The van der Waals surface area contributed by atoms with E-state index < -0.39 is 0 Å². The first kappa shape index (κ1) is 13.2. The maximum Gasteiger partial charge on any atom is 0.147 e. The summed E-state index contributed by atoms with van der Waals surface area (Å²) in [6.45, 7) is 0. The number of nitrogen functional groups attached to an aromatic ring is 2. The van der Waals surface area contributed by atoms with Gasteiger partial charge in [0.05, 0.1) is 11.2 Å². The Kier molecular flexibility index (Phi) is 3.77. The zero-order valence-corrected chi connectivity index (χ0v) is 11.9. The van der Waals surface area contributed by atoms with Crippen LogP contribution in [-0.2, 0) is 0 Å². The van der Waals surface area contributed by atoms with Gasteiger partial charge in [0.2, 0.25) is 0 Å². The van der Waals surface area contributed by atoms with Crippen molar-refractivity contribution in [3.63, 3.8) is 0 Å². The Morgan fingerprint density at radius 1 is 0.900 bits per heavy atom. The van der Waals surface area contributed by atoms with Gasteiger partial charge in [-0.3, -0.25) is 0 Å². The third kappa shape index (κ3) is 2.72. The van der Waals surface area contributed by atoms with Crippen LogP contribution >= 0.6 is 0 Å². The lowest BCUT2D eigenvalue weighted by molar-refractivity contribution is 0.456. The van der Waals surface area contributed by atoms with Crippen molar-refractivity contribution in [2.45, 2.75) is 50.9 Å². The van der Waals surface area contributed by atoms with Crippen LogP contribution in [0, 0.1) is 0 Å². The summed E-state index contributed by atoms with van der Waals surface area (Å²) in [5, 5.41) is 1.11. The molecule has 0 unspecified atom stereocenters. The van der Waals surface area contributed by atoms with E-state index in [1.165, 1.54) is 50.5 Å². The topological polar surface area (TPSA) is 64.9 Å². The van der Waals surface area contributed by atoms with Gasteiger partial charge >= 0.3 is 0 Å². The number of anilines is 2. The summed E-state index contributed by atoms with van der Waals surface area (Å²) in [4.78, 5) is 4.35. The quantitative estimate of drug-likeness (QED) is 0.814. The third-order valence-electron chi connectivity index (χ3n) is 4.48. The van der Waals surface area contributed by atoms with Crippen LogP contribution in [-0.4, -0.2) is 4.98 Å². The van der Waals surface area contributed by atoms with Crippen LogP contribution in [0.2, 0.25) is 0 Å². The van der Waals surface area contributed by atoms with Gasteiger partial charge in [-0.25, -0.2) is 4.98 Å². The molecule has 2 aromatic rings. The zero-order valence-electron chi connectivity index (χ0n) is 11.9. The molecular weight excluding hydrogens is 246 g/mol. The number of hydrogen-bond acceptors (Lipinski definition) is 3. The highest BCUT2D eigenvalue weighted by atomic mass is 14.9. The number of aromatic nitrogens is 1. The smallest absolute Gasteiger partial charge is 0.147 e. The second-order valence-corrected chi connectivity index (χ2v) is 5.96. The Bertz CT molecular complexity index is 598. The molecule has 106 valence electrons. The first-order valence-electron chi connectivity index (χ1n) is 7.70. The van der Waals surface area contributed by atoms with Gasteiger partial charge in [-0.15, -0.1) is 0 Å². The Balaban J connectivity index is 1.92. The van der Waals surface area contributed by atoms with E-state index in [0.29, 0.717) is 17.4 Å². The second kappa shape index (κ2) is 5.70. The highest BCUT2D eigenvalue weighted by Gasteiger charge is 2.14. The van der Waals surface area contributed by atoms with E-state index in [0.717, 1.165) is 10.9 Å². The van der Waals surface area contributed by atoms with Gasteiger partial charge in [0.1, 0.15) is 5.82 Å². The summed E-state index contributed by atoms with van der Waals surface area (Å²) in [6.07, 6.45) is 9.50. The van der Waals surface area contributed by atoms with Gasteiger partial charge < -0.3 is 11.5 Å². The number of rotatable bonds is 1. The minimum absolute atomic E-state index is 0.427. The predicted octanol–water partition coefficient (Wildman–Crippen LogP) is 4.23. The van der Waals surface area contributed by atoms with Crippen molar-refractivity contribution >= 4 is 22.4 Å². The van der Waals surface area contributed by atoms with Crippen molar-refractivity contribution in [1.82, 2.24) is 4.98 Å². The van der Waals surface area contributed by atoms with Crippen LogP contribution in [0.15, 0.2) is 24.3 Å². The van der Waals surface area contributed by atoms with E-state index >= 15 is 0 Å². The van der Waals surface area contributed by atoms with E-state index in [-0.39, 0.29) is 0 Å². The van der Waals surface area contributed by atoms with Crippen molar-refractivity contribution < 1.29 is 0 Å². The number of pyridine rings is 1. The molecule has 0 saturated heterocycles. The zero-order chi connectivity index (χ0) is 13.9. The normalized spacial score (nSPS) is 17.8. The summed E-state index contributed by atoms with van der Waals surface area (Å²) in [7, 11) is 0. The van der Waals surface area contributed by atoms with Crippen molar-refractivity contribution in [1.29, 1.82) is 0 Å². The van der Waals surface area contributed by atoms with Crippen LogP contribution < -0.4 is 11.5 Å². The summed E-state index contributed by atoms with van der Waals surface area (Å²) < 4.78 is 0. The van der Waals surface area contributed by atoms with Gasteiger partial charge in [0.25, 0.3) is 0 Å². The summed E-state index contributed by atoms with van der Waals surface area (Å²) in [6, 6.07) is 8.50. The standard InChI is InChI=1S/C17H23N3/c18-15-11-14-10-13(8-9-16(14)20-17(15)19)12-6-4-2-1-3-5-7-12/h8-12H,1-7,18H2,(H2,19,20). The number of nitrogens with two attached hydrogens (primary N) is 2. The molecule has 3 nitrogen and oxygen atoms in total. The molecule has 3 rings (SSSR count). The van der Waals surface area contributed by atoms with Crippen LogP contribution in [0.4, 0.5) is 11.5 Å². The lowest BCUT2D eigenvalue weighted by Crippen LogP contribution is -2.03. The predicted molar refractivity (Wildman–Crippen MR) is 85.6 cm³/mol. The first-order valence-corrected chi connectivity index (χ1v) is 7.70. The highest BCUT2D eigenvalue weighted by Crippen LogP contribution is 2.32. The summed E-state index contributed by atoms with van der Waals surface area (Å²) in [5.74, 6) is 1.12. The fourth-order valence-corrected chi connectivity index (χ4v) is 3.27. The number of nitrogens with zero attached hydrogens (tertiary/aromatic N) is 1. The lowest BCUT2D eigenvalue weighted by atomic mass is 9.85. The molecule has 0 atom stereocenters. The molecule has 1 aromatic heterocycles. The fraction of sp³-hybridized carbons (Fsp3) is 0.471. The van der Waals surface area contributed by atoms with Crippen molar-refractivity contribution in [3.8, 4) is 0 Å². The van der Waals surface area contributed by atoms with E-state index in [9.17, 15) is 0 Å². The fourth-order valence-electron chi connectivity index (χ4n) is 3.27. The molecule has 1 aliphatic carbocycles. The van der Waals surface area contributed by atoms with Crippen molar-refractivity contribution in [3.05, 3.63) is 29.8 Å². The first-order chi connectivity index (χ1) is 9.74. The molecular formula is C17H23N3. The second-order valence-electron chi connectivity index (χ2n) is 5.96. The molecule has 4 N–H and O–H groups in total. The molecule has 20 heavy (non-hydrogen) atoms. The summed E-state index contributed by atoms with van der Waals surface area (Å²) >= 11 is 0. The maximum absolute atomic E-state index is 5.87. The number of fused-ring (bicyclic) bond motifs is 1. The average Bonchev–Trinajstić information content (AvgIpc) is 2.39. The Morgan fingerprint density at radius 3 is 2.35 bits per heavy atom. The lowest BCUT2D eigenvalue weighted by Gasteiger charge is -2.20. The Labute approximate surface area is 120 Å². The molecule has 0 radical (unpaired) electrons. The number of hydrogen-bond donors (Lipinski definition) is 2. The van der Waals surface area contributed by atoms with Gasteiger partial charge in [-0.2, -0.15) is 0 Å². The van der Waals surface area contributed by atoms with E-state index in [1.807, 2.05) is 6.07 Å². The van der Waals surface area contributed by atoms with Crippen molar-refractivity contribution in [2.24, 2.45) is 0 Å². The molecule has 3 heteroatoms. The molecule has 1 aliphatic rings. The third-order valence-corrected chi connectivity index (χ3v) is 4.48. The molecule has 1 heterocycles. The molecule has 0 aliphatic heterocycles. The van der Waals surface area contributed by atoms with Crippen LogP contribution in [0.1, 0.15) is 56.4 Å². The maximum atomic E-state index is 5.87. The van der Waals surface area contributed by atoms with Crippen LogP contribution in [0.5, 0.6) is 0 Å². The van der Waals surface area contributed by atoms with Gasteiger partial charge in [0.15, 0.2) is 0 Å². The van der Waals surface area contributed by atoms with Crippen molar-refractivity contribution in [2.75, 3.05) is 11.5 Å². The van der Waals surface area contributed by atoms with E-state index in [4.69, 9.17) is 11.5 Å². The largest absolute Gasteiger partial charge is 0.396 e. The Hall–Kier alpha value is -1.77. The minimum Gasteiger partial charge on any atom is -0.396 e. The van der Waals surface area contributed by atoms with E-state index in [2.05, 4.69) is 23.2 Å². The monoisotopic (exact) mass is 269 g/mol. The number of benzene rings is 1. The molecule has 1 aromatic carbocycles. The molecule has 1 saturated carbocycles. The minimum atomic E-state index is 0.427. The highest BCUT2D eigenvalue weighted by molar-refractivity contribution is 5.85. The van der Waals surface area contributed by atoms with Gasteiger partial charge in [-0.05, 0) is 42.5 Å².